The minimum absolute atomic E-state index is 0.569. The maximum absolute atomic E-state index is 5.48. The van der Waals surface area contributed by atoms with Crippen molar-refractivity contribution in [3.63, 3.8) is 0 Å². The van der Waals surface area contributed by atoms with E-state index in [1.165, 1.54) is 11.1 Å². The van der Waals surface area contributed by atoms with E-state index in [-0.39, 0.29) is 0 Å². The first-order valence-electron chi connectivity index (χ1n) is 8.81. The number of hydrogen-bond donors (Lipinski definition) is 2. The summed E-state index contributed by atoms with van der Waals surface area (Å²) in [7, 11) is 0. The molecule has 0 saturated carbocycles. The molecule has 26 heavy (non-hydrogen) atoms. The molecule has 0 unspecified atom stereocenters. The van der Waals surface area contributed by atoms with Crippen molar-refractivity contribution in [2.45, 2.75) is 33.7 Å². The van der Waals surface area contributed by atoms with E-state index in [1.54, 1.807) is 0 Å². The number of hydrogen-bond acceptors (Lipinski definition) is 2. The highest BCUT2D eigenvalue weighted by atomic mass is 32.1. The van der Waals surface area contributed by atoms with Crippen molar-refractivity contribution < 1.29 is 0 Å². The zero-order chi connectivity index (χ0) is 18.5. The first-order valence-corrected chi connectivity index (χ1v) is 9.22. The van der Waals surface area contributed by atoms with Crippen LogP contribution in [-0.2, 0) is 13.0 Å². The Kier molecular flexibility index (Phi) is 5.68. The van der Waals surface area contributed by atoms with Crippen LogP contribution in [0.4, 0.5) is 11.4 Å². The summed E-state index contributed by atoms with van der Waals surface area (Å²) in [6.07, 6.45) is 1.03. The molecule has 5 heteroatoms. The van der Waals surface area contributed by atoms with Crippen molar-refractivity contribution in [1.82, 2.24) is 9.78 Å². The molecular formula is C21H24N4S. The Labute approximate surface area is 160 Å². The van der Waals surface area contributed by atoms with Gasteiger partial charge in [-0.2, -0.15) is 5.10 Å². The Morgan fingerprint density at radius 3 is 2.31 bits per heavy atom. The second kappa shape index (κ2) is 8.15. The molecule has 0 amide bonds. The van der Waals surface area contributed by atoms with Gasteiger partial charge in [-0.15, -0.1) is 0 Å². The maximum Gasteiger partial charge on any atom is 0.175 e. The predicted molar refractivity (Wildman–Crippen MR) is 113 cm³/mol. The molecule has 0 fully saturated rings. The van der Waals surface area contributed by atoms with E-state index in [4.69, 9.17) is 12.2 Å². The molecule has 3 aromatic rings. The van der Waals surface area contributed by atoms with E-state index < -0.39 is 0 Å². The Balaban J connectivity index is 1.69. The van der Waals surface area contributed by atoms with Gasteiger partial charge in [0.05, 0.1) is 23.6 Å². The summed E-state index contributed by atoms with van der Waals surface area (Å²) < 4.78 is 2.01. The van der Waals surface area contributed by atoms with E-state index in [0.717, 1.165) is 35.7 Å². The summed E-state index contributed by atoms with van der Waals surface area (Å²) in [6, 6.07) is 18.6. The van der Waals surface area contributed by atoms with Gasteiger partial charge in [-0.05, 0) is 55.7 Å². The summed E-state index contributed by atoms with van der Waals surface area (Å²) in [4.78, 5) is 0. The van der Waals surface area contributed by atoms with Gasteiger partial charge in [-0.3, -0.25) is 4.68 Å². The van der Waals surface area contributed by atoms with Crippen molar-refractivity contribution >= 4 is 28.7 Å². The minimum atomic E-state index is 0.569. The van der Waals surface area contributed by atoms with Crippen LogP contribution in [0.25, 0.3) is 0 Å². The molecule has 0 radical (unpaired) electrons. The third kappa shape index (κ3) is 4.29. The predicted octanol–water partition coefficient (Wildman–Crippen LogP) is 4.92. The van der Waals surface area contributed by atoms with E-state index in [1.807, 2.05) is 41.9 Å². The summed E-state index contributed by atoms with van der Waals surface area (Å²) in [6.45, 7) is 6.94. The third-order valence-corrected chi connectivity index (χ3v) is 4.62. The molecule has 0 spiro atoms. The van der Waals surface area contributed by atoms with Crippen LogP contribution in [-0.4, -0.2) is 14.9 Å². The molecule has 0 aliphatic heterocycles. The van der Waals surface area contributed by atoms with Gasteiger partial charge in [0, 0.05) is 5.69 Å². The van der Waals surface area contributed by atoms with Crippen molar-refractivity contribution in [2.75, 3.05) is 10.6 Å². The maximum atomic E-state index is 5.48. The summed E-state index contributed by atoms with van der Waals surface area (Å²) >= 11 is 5.48. The van der Waals surface area contributed by atoms with Crippen LogP contribution in [0.2, 0.25) is 0 Å². The van der Waals surface area contributed by atoms with Crippen molar-refractivity contribution in [3.8, 4) is 0 Å². The average Bonchev–Trinajstić information content (AvgIpc) is 2.90. The van der Waals surface area contributed by atoms with Crippen LogP contribution in [0, 0.1) is 13.8 Å². The second-order valence-corrected chi connectivity index (χ2v) is 6.73. The third-order valence-electron chi connectivity index (χ3n) is 4.42. The molecule has 134 valence electrons. The van der Waals surface area contributed by atoms with Crippen LogP contribution in [0.5, 0.6) is 0 Å². The fourth-order valence-electron chi connectivity index (χ4n) is 2.89. The SMILES string of the molecule is CCc1ccc(NC(=S)Nc2c(C)nn(Cc3ccccc3)c2C)cc1. The van der Waals surface area contributed by atoms with Gasteiger partial charge in [-0.1, -0.05) is 49.4 Å². The zero-order valence-corrected chi connectivity index (χ0v) is 16.2. The summed E-state index contributed by atoms with van der Waals surface area (Å²) in [5.74, 6) is 0. The van der Waals surface area contributed by atoms with Gasteiger partial charge in [0.25, 0.3) is 0 Å². The largest absolute Gasteiger partial charge is 0.332 e. The molecule has 3 rings (SSSR count). The Hall–Kier alpha value is -2.66. The van der Waals surface area contributed by atoms with E-state index in [0.29, 0.717) is 5.11 Å². The lowest BCUT2D eigenvalue weighted by molar-refractivity contribution is 0.659. The molecule has 4 nitrogen and oxygen atoms in total. The van der Waals surface area contributed by atoms with Gasteiger partial charge in [-0.25, -0.2) is 0 Å². The van der Waals surface area contributed by atoms with Gasteiger partial charge >= 0.3 is 0 Å². The lowest BCUT2D eigenvalue weighted by Crippen LogP contribution is -2.20. The first kappa shape index (κ1) is 18.1. The number of aromatic nitrogens is 2. The normalized spacial score (nSPS) is 10.6. The Morgan fingerprint density at radius 1 is 0.962 bits per heavy atom. The molecule has 1 aromatic heterocycles. The van der Waals surface area contributed by atoms with Crippen LogP contribution in [0.3, 0.4) is 0 Å². The number of anilines is 2. The number of nitrogens with one attached hydrogen (secondary N) is 2. The van der Waals surface area contributed by atoms with Gasteiger partial charge in [0.2, 0.25) is 0 Å². The molecule has 0 bridgehead atoms. The smallest absolute Gasteiger partial charge is 0.175 e. The molecular weight excluding hydrogens is 340 g/mol. The van der Waals surface area contributed by atoms with Crippen LogP contribution in [0.1, 0.15) is 29.4 Å². The fraction of sp³-hybridized carbons (Fsp3) is 0.238. The number of aryl methyl sites for hydroxylation is 2. The van der Waals surface area contributed by atoms with Crippen molar-refractivity contribution in [1.29, 1.82) is 0 Å². The molecule has 1 heterocycles. The molecule has 0 aliphatic carbocycles. The molecule has 0 atom stereocenters. The Bertz CT molecular complexity index is 882. The highest BCUT2D eigenvalue weighted by molar-refractivity contribution is 7.80. The lowest BCUT2D eigenvalue weighted by Gasteiger charge is -2.12. The molecule has 0 aliphatic rings. The van der Waals surface area contributed by atoms with Gasteiger partial charge < -0.3 is 10.6 Å². The number of rotatable bonds is 5. The summed E-state index contributed by atoms with van der Waals surface area (Å²) in [5, 5.41) is 11.8. The highest BCUT2D eigenvalue weighted by Crippen LogP contribution is 2.21. The lowest BCUT2D eigenvalue weighted by atomic mass is 10.1. The van der Waals surface area contributed by atoms with E-state index >= 15 is 0 Å². The summed E-state index contributed by atoms with van der Waals surface area (Å²) in [5.41, 5.74) is 6.47. The molecule has 2 aromatic carbocycles. The van der Waals surface area contributed by atoms with Gasteiger partial charge in [0.15, 0.2) is 5.11 Å². The standard InChI is InChI=1S/C21H24N4S/c1-4-17-10-12-19(13-11-17)22-21(26)23-20-15(2)24-25(16(20)3)14-18-8-6-5-7-9-18/h5-13H,4,14H2,1-3H3,(H2,22,23,26). The zero-order valence-electron chi connectivity index (χ0n) is 15.4. The number of nitrogens with zero attached hydrogens (tertiary/aromatic N) is 2. The monoisotopic (exact) mass is 364 g/mol. The quantitative estimate of drug-likeness (QED) is 0.631. The topological polar surface area (TPSA) is 41.9 Å². The first-order chi connectivity index (χ1) is 12.6. The molecule has 2 N–H and O–H groups in total. The minimum Gasteiger partial charge on any atom is -0.332 e. The van der Waals surface area contributed by atoms with E-state index in [9.17, 15) is 0 Å². The van der Waals surface area contributed by atoms with Crippen molar-refractivity contribution in [3.05, 3.63) is 77.1 Å². The van der Waals surface area contributed by atoms with Crippen LogP contribution >= 0.6 is 12.2 Å². The number of thiocarbonyl (C=S) groups is 1. The van der Waals surface area contributed by atoms with Gasteiger partial charge in [0.1, 0.15) is 0 Å². The molecule has 0 saturated heterocycles. The fourth-order valence-corrected chi connectivity index (χ4v) is 3.11. The highest BCUT2D eigenvalue weighted by Gasteiger charge is 2.13. The van der Waals surface area contributed by atoms with Crippen LogP contribution < -0.4 is 10.6 Å². The van der Waals surface area contributed by atoms with Crippen LogP contribution in [0.15, 0.2) is 54.6 Å². The van der Waals surface area contributed by atoms with Crippen molar-refractivity contribution in [2.24, 2.45) is 0 Å². The average molecular weight is 365 g/mol. The second-order valence-electron chi connectivity index (χ2n) is 6.32. The Morgan fingerprint density at radius 2 is 1.65 bits per heavy atom. The number of benzene rings is 2. The van der Waals surface area contributed by atoms with E-state index in [2.05, 4.69) is 53.8 Å².